The summed E-state index contributed by atoms with van der Waals surface area (Å²) in [7, 11) is 0. The molecule has 4 unspecified atom stereocenters. The number of piperazine rings is 1. The van der Waals surface area contributed by atoms with E-state index in [1.54, 1.807) is 29.2 Å². The molecule has 6 rings (SSSR count). The topological polar surface area (TPSA) is 69.7 Å². The molecule has 0 saturated carbocycles. The highest BCUT2D eigenvalue weighted by molar-refractivity contribution is 7.12. The minimum atomic E-state index is -0.873. The van der Waals surface area contributed by atoms with Crippen molar-refractivity contribution in [3.8, 4) is 0 Å². The van der Waals surface area contributed by atoms with E-state index in [1.165, 1.54) is 22.7 Å². The predicted molar refractivity (Wildman–Crippen MR) is 164 cm³/mol. The van der Waals surface area contributed by atoms with Gasteiger partial charge in [0.1, 0.15) is 6.04 Å². The first-order chi connectivity index (χ1) is 20.0. The Bertz CT molecular complexity index is 1530. The Morgan fingerprint density at radius 2 is 1.61 bits per heavy atom. The molecule has 0 aliphatic carbocycles. The van der Waals surface area contributed by atoms with Crippen molar-refractivity contribution in [3.05, 3.63) is 115 Å². The number of aryl methyl sites for hydroxylation is 1. The van der Waals surface area contributed by atoms with Gasteiger partial charge in [0.2, 0.25) is 5.91 Å². The minimum absolute atomic E-state index is 0.0563. The van der Waals surface area contributed by atoms with Crippen LogP contribution >= 0.6 is 34.3 Å². The van der Waals surface area contributed by atoms with E-state index in [0.29, 0.717) is 41.6 Å². The van der Waals surface area contributed by atoms with Gasteiger partial charge in [-0.05, 0) is 65.2 Å². The van der Waals surface area contributed by atoms with Crippen LogP contribution in [0.4, 0.5) is 0 Å². The monoisotopic (exact) mass is 603 g/mol. The summed E-state index contributed by atoms with van der Waals surface area (Å²) >= 11 is 9.22. The number of thiophene rings is 2. The Balaban J connectivity index is 1.60. The van der Waals surface area contributed by atoms with Crippen molar-refractivity contribution >= 4 is 51.9 Å². The second-order valence-corrected chi connectivity index (χ2v) is 12.8. The van der Waals surface area contributed by atoms with Gasteiger partial charge >= 0.3 is 0 Å². The normalized spacial score (nSPS) is 22.6. The summed E-state index contributed by atoms with van der Waals surface area (Å²) in [6.45, 7) is 4.46. The van der Waals surface area contributed by atoms with Gasteiger partial charge in [0, 0.05) is 47.6 Å². The molecule has 2 aliphatic rings. The van der Waals surface area contributed by atoms with Crippen molar-refractivity contribution in [2.75, 3.05) is 26.2 Å². The molecule has 2 saturated heterocycles. The van der Waals surface area contributed by atoms with Gasteiger partial charge in [-0.2, -0.15) is 0 Å². The smallest absolute Gasteiger partial charge is 0.255 e. The van der Waals surface area contributed by atoms with Gasteiger partial charge in [0.25, 0.3) is 5.91 Å². The summed E-state index contributed by atoms with van der Waals surface area (Å²) in [6.07, 6.45) is 0. The number of rotatable bonds is 6. The highest BCUT2D eigenvalue weighted by Crippen LogP contribution is 2.54. The zero-order valence-electron chi connectivity index (χ0n) is 22.5. The summed E-state index contributed by atoms with van der Waals surface area (Å²) in [5.41, 5.74) is 2.31. The molecule has 9 heteroatoms. The molecule has 6 nitrogen and oxygen atoms in total. The van der Waals surface area contributed by atoms with Crippen molar-refractivity contribution in [2.45, 2.75) is 24.9 Å². The Hall–Kier alpha value is -3.30. The Morgan fingerprint density at radius 3 is 2.24 bits per heavy atom. The molecule has 0 radical (unpaired) electrons. The molecule has 0 spiro atoms. The zero-order valence-corrected chi connectivity index (χ0v) is 24.9. The number of nitrogens with zero attached hydrogens (tertiary/aromatic N) is 2. The van der Waals surface area contributed by atoms with Crippen LogP contribution in [-0.4, -0.2) is 59.6 Å². The van der Waals surface area contributed by atoms with Gasteiger partial charge in [-0.1, -0.05) is 48.0 Å². The molecular weight excluding hydrogens is 574 g/mol. The van der Waals surface area contributed by atoms with E-state index >= 15 is 0 Å². The molecule has 2 aromatic carbocycles. The first kappa shape index (κ1) is 27.8. The van der Waals surface area contributed by atoms with Crippen LogP contribution in [0.15, 0.2) is 83.6 Å². The number of nitrogens with one attached hydrogen (secondary N) is 1. The van der Waals surface area contributed by atoms with Crippen LogP contribution < -0.4 is 5.32 Å². The predicted octanol–water partition coefficient (Wildman–Crippen LogP) is 6.05. The number of Topliss-reactive ketones (excluding diaryl/α,β-unsaturated/α-hetero) is 1. The fraction of sp³-hybridized carbons (Fsp3) is 0.281. The van der Waals surface area contributed by atoms with Crippen molar-refractivity contribution in [1.82, 2.24) is 15.1 Å². The number of amides is 2. The first-order valence-electron chi connectivity index (χ1n) is 13.7. The molecule has 2 aliphatic heterocycles. The molecule has 2 amide bonds. The maximum absolute atomic E-state index is 14.6. The number of carbonyl (C=O) groups excluding carboxylic acids is 3. The summed E-state index contributed by atoms with van der Waals surface area (Å²) < 4.78 is 0. The van der Waals surface area contributed by atoms with E-state index in [1.807, 2.05) is 71.1 Å². The maximum atomic E-state index is 14.6. The van der Waals surface area contributed by atoms with Crippen molar-refractivity contribution < 1.29 is 14.4 Å². The SMILES string of the molecule is Cc1ccsc1C1C(C(=O)c2cccs2)C(c2ccc(Cl)cc2)C(C(=O)N2CCNCC2)N1C(=O)c1ccccc1. The third-order valence-electron chi connectivity index (χ3n) is 8.10. The second kappa shape index (κ2) is 11.9. The minimum Gasteiger partial charge on any atom is -0.338 e. The van der Waals surface area contributed by atoms with Crippen LogP contribution in [0.25, 0.3) is 0 Å². The lowest BCUT2D eigenvalue weighted by Crippen LogP contribution is -2.54. The van der Waals surface area contributed by atoms with Gasteiger partial charge in [-0.25, -0.2) is 0 Å². The molecule has 2 fully saturated rings. The van der Waals surface area contributed by atoms with E-state index < -0.39 is 23.9 Å². The molecule has 41 heavy (non-hydrogen) atoms. The van der Waals surface area contributed by atoms with Crippen LogP contribution in [0.1, 0.15) is 48.0 Å². The van der Waals surface area contributed by atoms with Crippen molar-refractivity contribution in [1.29, 1.82) is 0 Å². The number of carbonyl (C=O) groups is 3. The quantitative estimate of drug-likeness (QED) is 0.272. The lowest BCUT2D eigenvalue weighted by Gasteiger charge is -2.36. The molecule has 0 bridgehead atoms. The summed E-state index contributed by atoms with van der Waals surface area (Å²) in [6, 6.07) is 20.7. The molecule has 210 valence electrons. The maximum Gasteiger partial charge on any atom is 0.255 e. The number of halogens is 1. The third-order valence-corrected chi connectivity index (χ3v) is 10.3. The first-order valence-corrected chi connectivity index (χ1v) is 15.8. The fourth-order valence-corrected chi connectivity index (χ4v) is 8.09. The standard InChI is InChI=1S/C32H30ClN3O3S2/c1-20-13-19-41-30(20)27-26(29(37)24-8-5-18-40-24)25(21-9-11-23(33)12-10-21)28(32(39)35-16-14-34-15-17-35)36(27)31(38)22-6-3-2-4-7-22/h2-13,18-19,25-28,34H,14-17H2,1H3. The van der Waals surface area contributed by atoms with E-state index in [4.69, 9.17) is 11.6 Å². The van der Waals surface area contributed by atoms with Crippen molar-refractivity contribution in [2.24, 2.45) is 5.92 Å². The van der Waals surface area contributed by atoms with Crippen LogP contribution in [0, 0.1) is 12.8 Å². The number of benzene rings is 2. The summed E-state index contributed by atoms with van der Waals surface area (Å²) in [5.74, 6) is -1.67. The van der Waals surface area contributed by atoms with Crippen LogP contribution in [-0.2, 0) is 4.79 Å². The van der Waals surface area contributed by atoms with Crippen molar-refractivity contribution in [3.63, 3.8) is 0 Å². The molecular formula is C32H30ClN3O3S2. The van der Waals surface area contributed by atoms with Gasteiger partial charge < -0.3 is 15.1 Å². The summed E-state index contributed by atoms with van der Waals surface area (Å²) in [4.78, 5) is 48.8. The number of ketones is 1. The highest BCUT2D eigenvalue weighted by Gasteiger charge is 2.58. The molecule has 4 heterocycles. The average Bonchev–Trinajstić information content (AvgIpc) is 3.76. The highest BCUT2D eigenvalue weighted by atomic mass is 35.5. The Kier molecular flexibility index (Phi) is 8.08. The molecule has 2 aromatic heterocycles. The van der Waals surface area contributed by atoms with Gasteiger partial charge in [0.15, 0.2) is 5.78 Å². The molecule has 4 atom stereocenters. The van der Waals surface area contributed by atoms with Gasteiger partial charge in [0.05, 0.1) is 16.8 Å². The number of hydrogen-bond acceptors (Lipinski definition) is 6. The number of likely N-dealkylation sites (tertiary alicyclic amines) is 1. The van der Waals surface area contributed by atoms with Crippen LogP contribution in [0.5, 0.6) is 0 Å². The molecule has 1 N–H and O–H groups in total. The largest absolute Gasteiger partial charge is 0.338 e. The average molecular weight is 604 g/mol. The van der Waals surface area contributed by atoms with Gasteiger partial charge in [-0.3, -0.25) is 14.4 Å². The van der Waals surface area contributed by atoms with E-state index in [2.05, 4.69) is 5.32 Å². The second-order valence-electron chi connectivity index (χ2n) is 10.5. The van der Waals surface area contributed by atoms with E-state index in [9.17, 15) is 14.4 Å². The summed E-state index contributed by atoms with van der Waals surface area (Å²) in [5, 5.41) is 7.76. The fourth-order valence-electron chi connectivity index (χ4n) is 6.18. The van der Waals surface area contributed by atoms with E-state index in [-0.39, 0.29) is 17.6 Å². The molecule has 4 aromatic rings. The number of hydrogen-bond donors (Lipinski definition) is 1. The van der Waals surface area contributed by atoms with Crippen LogP contribution in [0.3, 0.4) is 0 Å². The zero-order chi connectivity index (χ0) is 28.5. The Morgan fingerprint density at radius 1 is 0.878 bits per heavy atom. The third kappa shape index (κ3) is 5.26. The lowest BCUT2D eigenvalue weighted by atomic mass is 9.78. The van der Waals surface area contributed by atoms with Gasteiger partial charge in [-0.15, -0.1) is 22.7 Å². The Labute approximate surface area is 252 Å². The van der Waals surface area contributed by atoms with E-state index in [0.717, 1.165) is 16.0 Å². The lowest BCUT2D eigenvalue weighted by molar-refractivity contribution is -0.136. The van der Waals surface area contributed by atoms with Crippen LogP contribution in [0.2, 0.25) is 5.02 Å².